The number of hydrogen-bond donors (Lipinski definition) is 1. The van der Waals surface area contributed by atoms with Crippen molar-refractivity contribution in [2.75, 3.05) is 0 Å². The first-order valence-corrected chi connectivity index (χ1v) is 5.20. The molecule has 14 heavy (non-hydrogen) atoms. The lowest BCUT2D eigenvalue weighted by Gasteiger charge is -2.13. The summed E-state index contributed by atoms with van der Waals surface area (Å²) >= 11 is 0. The summed E-state index contributed by atoms with van der Waals surface area (Å²) in [6.07, 6.45) is 3.01. The molecule has 78 valence electrons. The minimum atomic E-state index is 0.0972. The van der Waals surface area contributed by atoms with Crippen molar-refractivity contribution in [1.82, 2.24) is 15.0 Å². The van der Waals surface area contributed by atoms with Crippen LogP contribution in [0, 0.1) is 11.3 Å². The molecule has 2 N–H and O–H groups in total. The van der Waals surface area contributed by atoms with E-state index in [-0.39, 0.29) is 6.04 Å². The molecule has 0 amide bonds. The molecule has 1 fully saturated rings. The maximum atomic E-state index is 6.20. The Kier molecular flexibility index (Phi) is 2.10. The molecule has 1 aromatic rings. The monoisotopic (exact) mass is 194 g/mol. The highest BCUT2D eigenvalue weighted by atomic mass is 15.4. The standard InChI is InChI=1S/C10H18N4/c1-4-14-8(6-12-13-14)9(11)7-5-10(7,2)3/h6-7,9H,4-5,11H2,1-3H3. The third kappa shape index (κ3) is 1.43. The molecule has 1 aromatic heterocycles. The van der Waals surface area contributed by atoms with Crippen molar-refractivity contribution in [2.45, 2.75) is 39.8 Å². The van der Waals surface area contributed by atoms with E-state index >= 15 is 0 Å². The van der Waals surface area contributed by atoms with E-state index < -0.39 is 0 Å². The van der Waals surface area contributed by atoms with E-state index in [1.54, 1.807) is 6.20 Å². The molecule has 0 saturated heterocycles. The molecule has 4 nitrogen and oxygen atoms in total. The number of hydrogen-bond acceptors (Lipinski definition) is 3. The molecule has 1 saturated carbocycles. The Morgan fingerprint density at radius 2 is 2.36 bits per heavy atom. The number of nitrogens with two attached hydrogens (primary N) is 1. The molecular weight excluding hydrogens is 176 g/mol. The van der Waals surface area contributed by atoms with Gasteiger partial charge in [0.25, 0.3) is 0 Å². The minimum Gasteiger partial charge on any atom is -0.322 e. The molecule has 0 spiro atoms. The molecule has 0 aliphatic heterocycles. The van der Waals surface area contributed by atoms with Crippen LogP contribution >= 0.6 is 0 Å². The predicted octanol–water partition coefficient (Wildman–Crippen LogP) is 1.34. The fourth-order valence-electron chi connectivity index (χ4n) is 2.10. The molecule has 2 rings (SSSR count). The summed E-state index contributed by atoms with van der Waals surface area (Å²) < 4.78 is 1.89. The van der Waals surface area contributed by atoms with E-state index in [0.29, 0.717) is 11.3 Å². The summed E-state index contributed by atoms with van der Waals surface area (Å²) in [5.74, 6) is 0.589. The lowest BCUT2D eigenvalue weighted by Crippen LogP contribution is -2.19. The molecule has 0 aromatic carbocycles. The molecule has 1 aliphatic rings. The fourth-order valence-corrected chi connectivity index (χ4v) is 2.10. The molecule has 1 aliphatic carbocycles. The van der Waals surface area contributed by atoms with Gasteiger partial charge in [-0.2, -0.15) is 0 Å². The average Bonchev–Trinajstić information content (AvgIpc) is 2.64. The van der Waals surface area contributed by atoms with Gasteiger partial charge in [-0.05, 0) is 24.7 Å². The summed E-state index contributed by atoms with van der Waals surface area (Å²) in [5.41, 5.74) is 7.67. The predicted molar refractivity (Wildman–Crippen MR) is 54.5 cm³/mol. The Hall–Kier alpha value is -0.900. The number of aryl methyl sites for hydroxylation is 1. The topological polar surface area (TPSA) is 56.7 Å². The van der Waals surface area contributed by atoms with Crippen molar-refractivity contribution in [3.63, 3.8) is 0 Å². The van der Waals surface area contributed by atoms with Gasteiger partial charge in [-0.25, -0.2) is 4.68 Å². The molecular formula is C10H18N4. The van der Waals surface area contributed by atoms with E-state index in [1.807, 2.05) is 4.68 Å². The van der Waals surface area contributed by atoms with Gasteiger partial charge < -0.3 is 5.73 Å². The van der Waals surface area contributed by atoms with Crippen molar-refractivity contribution in [3.8, 4) is 0 Å². The first-order valence-electron chi connectivity index (χ1n) is 5.20. The normalized spacial score (nSPS) is 26.1. The Labute approximate surface area is 84.5 Å². The van der Waals surface area contributed by atoms with Gasteiger partial charge in [0.15, 0.2) is 0 Å². The van der Waals surface area contributed by atoms with Gasteiger partial charge in [0.05, 0.1) is 17.9 Å². The largest absolute Gasteiger partial charge is 0.322 e. The molecule has 2 unspecified atom stereocenters. The highest BCUT2D eigenvalue weighted by molar-refractivity contribution is 5.12. The quantitative estimate of drug-likeness (QED) is 0.790. The Morgan fingerprint density at radius 3 is 2.86 bits per heavy atom. The molecule has 1 heterocycles. The van der Waals surface area contributed by atoms with E-state index in [0.717, 1.165) is 12.2 Å². The van der Waals surface area contributed by atoms with E-state index in [4.69, 9.17) is 5.73 Å². The summed E-state index contributed by atoms with van der Waals surface area (Å²) in [4.78, 5) is 0. The van der Waals surface area contributed by atoms with Gasteiger partial charge in [-0.1, -0.05) is 19.1 Å². The van der Waals surface area contributed by atoms with Crippen molar-refractivity contribution >= 4 is 0 Å². The molecule has 0 radical (unpaired) electrons. The zero-order valence-corrected chi connectivity index (χ0v) is 9.07. The van der Waals surface area contributed by atoms with Gasteiger partial charge in [-0.15, -0.1) is 5.10 Å². The highest BCUT2D eigenvalue weighted by Crippen LogP contribution is 2.56. The number of nitrogens with zero attached hydrogens (tertiary/aromatic N) is 3. The van der Waals surface area contributed by atoms with Crippen LogP contribution in [-0.4, -0.2) is 15.0 Å². The van der Waals surface area contributed by atoms with Crippen LogP contribution in [0.1, 0.15) is 38.9 Å². The maximum Gasteiger partial charge on any atom is 0.0757 e. The maximum absolute atomic E-state index is 6.20. The van der Waals surface area contributed by atoms with E-state index in [1.165, 1.54) is 6.42 Å². The summed E-state index contributed by atoms with van der Waals surface area (Å²) in [5, 5.41) is 7.91. The van der Waals surface area contributed by atoms with Crippen LogP contribution in [0.5, 0.6) is 0 Å². The van der Waals surface area contributed by atoms with Crippen LogP contribution in [0.4, 0.5) is 0 Å². The fraction of sp³-hybridized carbons (Fsp3) is 0.800. The average molecular weight is 194 g/mol. The third-order valence-corrected chi connectivity index (χ3v) is 3.31. The van der Waals surface area contributed by atoms with Crippen LogP contribution < -0.4 is 5.73 Å². The van der Waals surface area contributed by atoms with Crippen LogP contribution in [0.25, 0.3) is 0 Å². The van der Waals surface area contributed by atoms with Crippen LogP contribution in [0.3, 0.4) is 0 Å². The van der Waals surface area contributed by atoms with Crippen LogP contribution in [0.2, 0.25) is 0 Å². The molecule has 4 heteroatoms. The smallest absolute Gasteiger partial charge is 0.0757 e. The Balaban J connectivity index is 2.16. The van der Waals surface area contributed by atoms with Gasteiger partial charge in [0.2, 0.25) is 0 Å². The lowest BCUT2D eigenvalue weighted by molar-refractivity contribution is 0.459. The molecule has 2 atom stereocenters. The second-order valence-corrected chi connectivity index (χ2v) is 4.80. The first-order chi connectivity index (χ1) is 6.56. The van der Waals surface area contributed by atoms with Crippen LogP contribution in [0.15, 0.2) is 6.20 Å². The minimum absolute atomic E-state index is 0.0972. The zero-order valence-electron chi connectivity index (χ0n) is 9.07. The second-order valence-electron chi connectivity index (χ2n) is 4.80. The zero-order chi connectivity index (χ0) is 10.3. The van der Waals surface area contributed by atoms with Crippen LogP contribution in [-0.2, 0) is 6.54 Å². The molecule has 0 bridgehead atoms. The van der Waals surface area contributed by atoms with Gasteiger partial charge >= 0.3 is 0 Å². The summed E-state index contributed by atoms with van der Waals surface area (Å²) in [6.45, 7) is 7.42. The number of rotatable bonds is 3. The SMILES string of the molecule is CCn1nncc1C(N)C1CC1(C)C. The van der Waals surface area contributed by atoms with Crippen molar-refractivity contribution in [1.29, 1.82) is 0 Å². The van der Waals surface area contributed by atoms with Gasteiger partial charge in [-0.3, -0.25) is 0 Å². The van der Waals surface area contributed by atoms with Crippen molar-refractivity contribution in [2.24, 2.45) is 17.1 Å². The Bertz CT molecular complexity index is 329. The highest BCUT2D eigenvalue weighted by Gasteiger charge is 2.50. The lowest BCUT2D eigenvalue weighted by atomic mass is 10.0. The first kappa shape index (κ1) is 9.65. The van der Waals surface area contributed by atoms with Crippen molar-refractivity contribution < 1.29 is 0 Å². The van der Waals surface area contributed by atoms with Gasteiger partial charge in [0.1, 0.15) is 0 Å². The van der Waals surface area contributed by atoms with Crippen molar-refractivity contribution in [3.05, 3.63) is 11.9 Å². The summed E-state index contributed by atoms with van der Waals surface area (Å²) in [7, 11) is 0. The summed E-state index contributed by atoms with van der Waals surface area (Å²) in [6, 6.07) is 0.0972. The van der Waals surface area contributed by atoms with E-state index in [2.05, 4.69) is 31.1 Å². The van der Waals surface area contributed by atoms with E-state index in [9.17, 15) is 0 Å². The number of aromatic nitrogens is 3. The van der Waals surface area contributed by atoms with Gasteiger partial charge in [0, 0.05) is 6.54 Å². The second kappa shape index (κ2) is 3.05. The Morgan fingerprint density at radius 1 is 1.71 bits per heavy atom. The third-order valence-electron chi connectivity index (χ3n) is 3.31.